The molecule has 1 N–H and O–H groups in total. The third-order valence-electron chi connectivity index (χ3n) is 5.35. The fourth-order valence-electron chi connectivity index (χ4n) is 3.68. The number of hydrogen-bond acceptors (Lipinski definition) is 4. The lowest BCUT2D eigenvalue weighted by atomic mass is 10.1. The quantitative estimate of drug-likeness (QED) is 0.713. The van der Waals surface area contributed by atoms with Crippen LogP contribution in [0.4, 0.5) is 11.4 Å². The Kier molecular flexibility index (Phi) is 5.75. The van der Waals surface area contributed by atoms with Crippen molar-refractivity contribution >= 4 is 17.3 Å². The molecule has 1 unspecified atom stereocenters. The van der Waals surface area contributed by atoms with Gasteiger partial charge in [0.15, 0.2) is 0 Å². The number of rotatable bonds is 5. The van der Waals surface area contributed by atoms with Gasteiger partial charge in [-0.05, 0) is 36.8 Å². The van der Waals surface area contributed by atoms with E-state index in [1.54, 1.807) is 6.20 Å². The molecule has 0 saturated carbocycles. The number of aromatic nitrogens is 1. The molecule has 0 aliphatic carbocycles. The predicted octanol–water partition coefficient (Wildman–Crippen LogP) is 4.22. The Morgan fingerprint density at radius 3 is 2.28 bits per heavy atom. The number of amides is 1. The van der Waals surface area contributed by atoms with E-state index in [0.717, 1.165) is 18.8 Å². The highest BCUT2D eigenvalue weighted by atomic mass is 16.2. The number of nitrogens with one attached hydrogen (secondary N) is 1. The van der Waals surface area contributed by atoms with Crippen LogP contribution in [-0.4, -0.2) is 42.0 Å². The van der Waals surface area contributed by atoms with Crippen molar-refractivity contribution < 1.29 is 4.79 Å². The van der Waals surface area contributed by atoms with E-state index >= 15 is 0 Å². The van der Waals surface area contributed by atoms with Gasteiger partial charge in [-0.15, -0.1) is 0 Å². The molecule has 2 heterocycles. The van der Waals surface area contributed by atoms with Gasteiger partial charge in [0.2, 0.25) is 0 Å². The van der Waals surface area contributed by atoms with Crippen molar-refractivity contribution in [2.75, 3.05) is 36.4 Å². The Morgan fingerprint density at radius 1 is 0.931 bits per heavy atom. The molecule has 0 bridgehead atoms. The molecular weight excluding hydrogens is 360 g/mol. The van der Waals surface area contributed by atoms with Gasteiger partial charge < -0.3 is 15.1 Å². The number of carbonyl (C=O) groups is 1. The van der Waals surface area contributed by atoms with Gasteiger partial charge in [0.25, 0.3) is 5.91 Å². The summed E-state index contributed by atoms with van der Waals surface area (Å²) in [7, 11) is 0. The van der Waals surface area contributed by atoms with Crippen molar-refractivity contribution in [3.63, 3.8) is 0 Å². The summed E-state index contributed by atoms with van der Waals surface area (Å²) in [6.07, 6.45) is 1.70. The Morgan fingerprint density at radius 2 is 1.59 bits per heavy atom. The summed E-state index contributed by atoms with van der Waals surface area (Å²) in [5.41, 5.74) is 3.80. The molecule has 1 aliphatic heterocycles. The summed E-state index contributed by atoms with van der Waals surface area (Å²) in [5, 5.41) is 3.47. The van der Waals surface area contributed by atoms with Gasteiger partial charge in [0.05, 0.1) is 0 Å². The van der Waals surface area contributed by atoms with Crippen LogP contribution in [0.2, 0.25) is 0 Å². The van der Waals surface area contributed by atoms with Gasteiger partial charge in [-0.1, -0.05) is 48.5 Å². The second kappa shape index (κ2) is 8.78. The van der Waals surface area contributed by atoms with Crippen molar-refractivity contribution in [1.82, 2.24) is 9.88 Å². The van der Waals surface area contributed by atoms with Crippen LogP contribution in [0.1, 0.15) is 29.0 Å². The van der Waals surface area contributed by atoms with Gasteiger partial charge in [0.1, 0.15) is 5.69 Å². The molecule has 1 atom stereocenters. The van der Waals surface area contributed by atoms with Gasteiger partial charge in [-0.25, -0.2) is 0 Å². The molecule has 3 aromatic rings. The van der Waals surface area contributed by atoms with Crippen LogP contribution in [0.15, 0.2) is 79.0 Å². The van der Waals surface area contributed by atoms with Crippen molar-refractivity contribution in [1.29, 1.82) is 0 Å². The normalized spacial score (nSPS) is 15.1. The zero-order valence-electron chi connectivity index (χ0n) is 16.7. The molecular formula is C24H26N4O. The van der Waals surface area contributed by atoms with E-state index in [1.165, 1.54) is 11.3 Å². The second-order valence-corrected chi connectivity index (χ2v) is 7.32. The fourth-order valence-corrected chi connectivity index (χ4v) is 3.68. The molecule has 29 heavy (non-hydrogen) atoms. The highest BCUT2D eigenvalue weighted by Gasteiger charge is 2.23. The molecule has 2 aromatic carbocycles. The van der Waals surface area contributed by atoms with Crippen LogP contribution in [0, 0.1) is 0 Å². The van der Waals surface area contributed by atoms with E-state index in [4.69, 9.17) is 0 Å². The lowest BCUT2D eigenvalue weighted by molar-refractivity contribution is 0.0741. The first-order valence-corrected chi connectivity index (χ1v) is 10.1. The van der Waals surface area contributed by atoms with E-state index < -0.39 is 0 Å². The van der Waals surface area contributed by atoms with Crippen molar-refractivity contribution in [3.8, 4) is 0 Å². The smallest absolute Gasteiger partial charge is 0.272 e. The second-order valence-electron chi connectivity index (χ2n) is 7.32. The van der Waals surface area contributed by atoms with Gasteiger partial charge >= 0.3 is 0 Å². The average Bonchev–Trinajstić information content (AvgIpc) is 2.80. The first-order chi connectivity index (χ1) is 14.2. The SMILES string of the molecule is CC(Nc1ccnc(C(=O)N2CCN(c3ccccc3)CC2)c1)c1ccccc1. The largest absolute Gasteiger partial charge is 0.378 e. The maximum Gasteiger partial charge on any atom is 0.272 e. The highest BCUT2D eigenvalue weighted by Crippen LogP contribution is 2.20. The monoisotopic (exact) mass is 386 g/mol. The Hall–Kier alpha value is -3.34. The Labute approximate surface area is 172 Å². The Balaban J connectivity index is 1.39. The Bertz CT molecular complexity index is 937. The molecule has 0 radical (unpaired) electrons. The minimum Gasteiger partial charge on any atom is -0.378 e. The molecule has 5 heteroatoms. The fraction of sp³-hybridized carbons (Fsp3) is 0.250. The maximum atomic E-state index is 13.0. The van der Waals surface area contributed by atoms with Crippen molar-refractivity contribution in [2.45, 2.75) is 13.0 Å². The minimum atomic E-state index is -0.00581. The number of piperazine rings is 1. The molecule has 148 valence electrons. The minimum absolute atomic E-state index is 0.00581. The van der Waals surface area contributed by atoms with Crippen LogP contribution in [0.25, 0.3) is 0 Å². The highest BCUT2D eigenvalue weighted by molar-refractivity contribution is 5.93. The zero-order valence-corrected chi connectivity index (χ0v) is 16.7. The maximum absolute atomic E-state index is 13.0. The number of benzene rings is 2. The molecule has 1 aromatic heterocycles. The number of carbonyl (C=O) groups excluding carboxylic acids is 1. The lowest BCUT2D eigenvalue weighted by Crippen LogP contribution is -2.49. The summed E-state index contributed by atoms with van der Waals surface area (Å²) in [5.74, 6) is -0.00581. The summed E-state index contributed by atoms with van der Waals surface area (Å²) in [6.45, 7) is 5.18. The first kappa shape index (κ1) is 19.0. The molecule has 4 rings (SSSR count). The number of para-hydroxylation sites is 1. The van der Waals surface area contributed by atoms with Crippen LogP contribution in [0.5, 0.6) is 0 Å². The number of nitrogens with zero attached hydrogens (tertiary/aromatic N) is 3. The molecule has 1 amide bonds. The number of hydrogen-bond donors (Lipinski definition) is 1. The molecule has 5 nitrogen and oxygen atoms in total. The van der Waals surface area contributed by atoms with Crippen LogP contribution in [0.3, 0.4) is 0 Å². The number of anilines is 2. The molecule has 0 spiro atoms. The van der Waals surface area contributed by atoms with Crippen LogP contribution >= 0.6 is 0 Å². The summed E-state index contributed by atoms with van der Waals surface area (Å²) in [6, 6.07) is 24.5. The van der Waals surface area contributed by atoms with Gasteiger partial charge in [-0.2, -0.15) is 0 Å². The first-order valence-electron chi connectivity index (χ1n) is 10.1. The summed E-state index contributed by atoms with van der Waals surface area (Å²) >= 11 is 0. The van der Waals surface area contributed by atoms with Crippen molar-refractivity contribution in [3.05, 3.63) is 90.3 Å². The average molecular weight is 386 g/mol. The van der Waals surface area contributed by atoms with E-state index in [2.05, 4.69) is 46.4 Å². The topological polar surface area (TPSA) is 48.5 Å². The summed E-state index contributed by atoms with van der Waals surface area (Å²) < 4.78 is 0. The molecule has 1 saturated heterocycles. The summed E-state index contributed by atoms with van der Waals surface area (Å²) in [4.78, 5) is 21.5. The lowest BCUT2D eigenvalue weighted by Gasteiger charge is -2.36. The predicted molar refractivity (Wildman–Crippen MR) is 117 cm³/mol. The van der Waals surface area contributed by atoms with Gasteiger partial charge in [0, 0.05) is 49.8 Å². The van der Waals surface area contributed by atoms with E-state index in [-0.39, 0.29) is 11.9 Å². The van der Waals surface area contributed by atoms with E-state index in [0.29, 0.717) is 18.8 Å². The van der Waals surface area contributed by atoms with Gasteiger partial charge in [-0.3, -0.25) is 9.78 Å². The van der Waals surface area contributed by atoms with Crippen LogP contribution in [-0.2, 0) is 0 Å². The molecule has 1 aliphatic rings. The standard InChI is InChI=1S/C24H26N4O/c1-19(20-8-4-2-5-9-20)26-21-12-13-25-23(18-21)24(29)28-16-14-27(15-17-28)22-10-6-3-7-11-22/h2-13,18-19H,14-17H2,1H3,(H,25,26). The van der Waals surface area contributed by atoms with Crippen molar-refractivity contribution in [2.24, 2.45) is 0 Å². The third-order valence-corrected chi connectivity index (χ3v) is 5.35. The zero-order chi connectivity index (χ0) is 20.1. The number of pyridine rings is 1. The molecule has 1 fully saturated rings. The van der Waals surface area contributed by atoms with Crippen LogP contribution < -0.4 is 10.2 Å². The van der Waals surface area contributed by atoms with E-state index in [1.807, 2.05) is 53.4 Å². The third kappa shape index (κ3) is 4.57. The van der Waals surface area contributed by atoms with E-state index in [9.17, 15) is 4.79 Å².